The second kappa shape index (κ2) is 5.87. The van der Waals surface area contributed by atoms with Crippen LogP contribution < -0.4 is 5.32 Å². The topological polar surface area (TPSA) is 12.0 Å². The summed E-state index contributed by atoms with van der Waals surface area (Å²) >= 11 is 1.61. The Kier molecular flexibility index (Phi) is 4.20. The van der Waals surface area contributed by atoms with E-state index in [9.17, 15) is 8.78 Å². The first-order valence-corrected chi connectivity index (χ1v) is 6.74. The highest BCUT2D eigenvalue weighted by Gasteiger charge is 2.07. The molecule has 0 aromatic heterocycles. The van der Waals surface area contributed by atoms with Crippen molar-refractivity contribution >= 4 is 17.4 Å². The summed E-state index contributed by atoms with van der Waals surface area (Å²) in [7, 11) is 0. The maximum atomic E-state index is 13.5. The Morgan fingerprint density at radius 3 is 2.61 bits per heavy atom. The van der Waals surface area contributed by atoms with Gasteiger partial charge < -0.3 is 5.32 Å². The van der Waals surface area contributed by atoms with E-state index in [2.05, 4.69) is 5.32 Å². The highest BCUT2D eigenvalue weighted by Crippen LogP contribution is 2.25. The summed E-state index contributed by atoms with van der Waals surface area (Å²) in [5, 5.41) is 3.12. The molecule has 2 aromatic carbocycles. The van der Waals surface area contributed by atoms with Gasteiger partial charge in [0.15, 0.2) is 11.6 Å². The van der Waals surface area contributed by atoms with Gasteiger partial charge in [0.25, 0.3) is 0 Å². The van der Waals surface area contributed by atoms with Crippen molar-refractivity contribution in [2.75, 3.05) is 11.6 Å². The highest BCUT2D eigenvalue weighted by atomic mass is 32.2. The summed E-state index contributed by atoms with van der Waals surface area (Å²) in [6.45, 7) is 0.265. The lowest BCUT2D eigenvalue weighted by molar-refractivity contribution is 0.500. The molecule has 1 N–H and O–H groups in total. The number of hydrogen-bond donors (Lipinski definition) is 1. The fourth-order valence-electron chi connectivity index (χ4n) is 1.67. The number of anilines is 1. The van der Waals surface area contributed by atoms with E-state index >= 15 is 0 Å². The molecule has 0 fully saturated rings. The van der Waals surface area contributed by atoms with Crippen LogP contribution in [0.5, 0.6) is 0 Å². The maximum absolute atomic E-state index is 13.5. The highest BCUT2D eigenvalue weighted by molar-refractivity contribution is 7.98. The van der Waals surface area contributed by atoms with Crippen molar-refractivity contribution in [3.63, 3.8) is 0 Å². The van der Waals surface area contributed by atoms with Crippen LogP contribution in [0.15, 0.2) is 47.4 Å². The van der Waals surface area contributed by atoms with E-state index in [1.807, 2.05) is 30.5 Å². The predicted octanol–water partition coefficient (Wildman–Crippen LogP) is 4.30. The van der Waals surface area contributed by atoms with Crippen LogP contribution in [-0.4, -0.2) is 6.26 Å². The fourth-order valence-corrected chi connectivity index (χ4v) is 2.24. The van der Waals surface area contributed by atoms with Crippen LogP contribution in [0, 0.1) is 11.6 Å². The van der Waals surface area contributed by atoms with E-state index in [0.717, 1.165) is 16.6 Å². The molecule has 0 aliphatic heterocycles. The SMILES string of the molecule is CSc1ccccc1NCc1cccc(F)c1F. The van der Waals surface area contributed by atoms with Crippen molar-refractivity contribution in [1.29, 1.82) is 0 Å². The van der Waals surface area contributed by atoms with E-state index in [1.165, 1.54) is 6.07 Å². The van der Waals surface area contributed by atoms with Crippen molar-refractivity contribution in [3.8, 4) is 0 Å². The first-order chi connectivity index (χ1) is 8.72. The van der Waals surface area contributed by atoms with Gasteiger partial charge in [-0.1, -0.05) is 24.3 Å². The molecule has 0 bridgehead atoms. The van der Waals surface area contributed by atoms with Crippen LogP contribution in [0.2, 0.25) is 0 Å². The van der Waals surface area contributed by atoms with Gasteiger partial charge in [0.05, 0.1) is 0 Å². The van der Waals surface area contributed by atoms with E-state index in [1.54, 1.807) is 17.8 Å². The lowest BCUT2D eigenvalue weighted by Crippen LogP contribution is -2.03. The Morgan fingerprint density at radius 1 is 1.06 bits per heavy atom. The summed E-state index contributed by atoms with van der Waals surface area (Å²) < 4.78 is 26.5. The number of thioether (sulfide) groups is 1. The van der Waals surface area contributed by atoms with E-state index in [0.29, 0.717) is 5.56 Å². The van der Waals surface area contributed by atoms with Crippen LogP contribution in [0.3, 0.4) is 0 Å². The third-order valence-electron chi connectivity index (χ3n) is 2.61. The predicted molar refractivity (Wildman–Crippen MR) is 71.9 cm³/mol. The Labute approximate surface area is 109 Å². The van der Waals surface area contributed by atoms with Crippen molar-refractivity contribution < 1.29 is 8.78 Å². The van der Waals surface area contributed by atoms with Gasteiger partial charge in [-0.25, -0.2) is 8.78 Å². The molecule has 0 unspecified atom stereocenters. The number of para-hydroxylation sites is 1. The number of benzene rings is 2. The Hall–Kier alpha value is -1.55. The monoisotopic (exact) mass is 265 g/mol. The molecule has 0 aliphatic rings. The first kappa shape index (κ1) is 12.9. The molecule has 2 rings (SSSR count). The van der Waals surface area contributed by atoms with Gasteiger partial charge >= 0.3 is 0 Å². The molecular weight excluding hydrogens is 252 g/mol. The van der Waals surface area contributed by atoms with E-state index < -0.39 is 11.6 Å². The molecule has 0 amide bonds. The summed E-state index contributed by atoms with van der Waals surface area (Å²) in [5.41, 5.74) is 1.25. The molecule has 1 nitrogen and oxygen atoms in total. The first-order valence-electron chi connectivity index (χ1n) is 5.52. The van der Waals surface area contributed by atoms with Gasteiger partial charge in [-0.3, -0.25) is 0 Å². The minimum atomic E-state index is -0.813. The molecule has 18 heavy (non-hydrogen) atoms. The molecule has 0 heterocycles. The zero-order chi connectivity index (χ0) is 13.0. The van der Waals surface area contributed by atoms with Crippen molar-refractivity contribution in [2.24, 2.45) is 0 Å². The lowest BCUT2D eigenvalue weighted by atomic mass is 10.2. The van der Waals surface area contributed by atoms with Crippen LogP contribution in [0.25, 0.3) is 0 Å². The molecule has 0 saturated carbocycles. The van der Waals surface area contributed by atoms with Gasteiger partial charge in [-0.15, -0.1) is 11.8 Å². The molecule has 94 valence electrons. The smallest absolute Gasteiger partial charge is 0.163 e. The Balaban J connectivity index is 2.14. The molecule has 2 aromatic rings. The summed E-state index contributed by atoms with van der Waals surface area (Å²) in [6.07, 6.45) is 1.98. The summed E-state index contributed by atoms with van der Waals surface area (Å²) in [5.74, 6) is -1.60. The normalized spacial score (nSPS) is 10.4. The molecule has 0 radical (unpaired) electrons. The number of nitrogens with one attached hydrogen (secondary N) is 1. The Morgan fingerprint density at radius 2 is 1.83 bits per heavy atom. The van der Waals surface area contributed by atoms with Crippen molar-refractivity contribution in [2.45, 2.75) is 11.4 Å². The molecular formula is C14H13F2NS. The standard InChI is InChI=1S/C14H13F2NS/c1-18-13-8-3-2-7-12(13)17-9-10-5-4-6-11(15)14(10)16/h2-8,17H,9H2,1H3. The maximum Gasteiger partial charge on any atom is 0.163 e. The van der Waals surface area contributed by atoms with E-state index in [-0.39, 0.29) is 6.54 Å². The zero-order valence-electron chi connectivity index (χ0n) is 9.91. The van der Waals surface area contributed by atoms with Crippen LogP contribution in [-0.2, 0) is 6.54 Å². The van der Waals surface area contributed by atoms with Gasteiger partial charge in [-0.05, 0) is 24.5 Å². The molecule has 0 spiro atoms. The average molecular weight is 265 g/mol. The third kappa shape index (κ3) is 2.82. The number of rotatable bonds is 4. The van der Waals surface area contributed by atoms with Gasteiger partial charge in [0, 0.05) is 22.7 Å². The minimum Gasteiger partial charge on any atom is -0.380 e. The van der Waals surface area contributed by atoms with Gasteiger partial charge in [-0.2, -0.15) is 0 Å². The molecule has 0 aliphatic carbocycles. The van der Waals surface area contributed by atoms with Crippen LogP contribution in [0.4, 0.5) is 14.5 Å². The van der Waals surface area contributed by atoms with E-state index in [4.69, 9.17) is 0 Å². The van der Waals surface area contributed by atoms with Gasteiger partial charge in [0.1, 0.15) is 0 Å². The second-order valence-electron chi connectivity index (χ2n) is 3.77. The van der Waals surface area contributed by atoms with Crippen molar-refractivity contribution in [1.82, 2.24) is 0 Å². The number of hydrogen-bond acceptors (Lipinski definition) is 2. The molecule has 0 atom stereocenters. The van der Waals surface area contributed by atoms with Crippen LogP contribution in [0.1, 0.15) is 5.56 Å². The second-order valence-corrected chi connectivity index (χ2v) is 4.61. The summed E-state index contributed by atoms with van der Waals surface area (Å²) in [4.78, 5) is 1.08. The van der Waals surface area contributed by atoms with Crippen molar-refractivity contribution in [3.05, 3.63) is 59.7 Å². The zero-order valence-corrected chi connectivity index (χ0v) is 10.7. The summed E-state index contributed by atoms with van der Waals surface area (Å²) in [6, 6.07) is 12.0. The third-order valence-corrected chi connectivity index (χ3v) is 3.40. The largest absolute Gasteiger partial charge is 0.380 e. The quantitative estimate of drug-likeness (QED) is 0.827. The molecule has 4 heteroatoms. The fraction of sp³-hybridized carbons (Fsp3) is 0.143. The van der Waals surface area contributed by atoms with Gasteiger partial charge in [0.2, 0.25) is 0 Å². The molecule has 0 saturated heterocycles. The Bertz CT molecular complexity index is 543. The minimum absolute atomic E-state index is 0.265. The average Bonchev–Trinajstić information content (AvgIpc) is 2.41. The lowest BCUT2D eigenvalue weighted by Gasteiger charge is -2.11. The van der Waals surface area contributed by atoms with Crippen LogP contribution >= 0.6 is 11.8 Å². The number of halogens is 2.